The number of nitrogens with two attached hydrogens (primary N) is 1. The summed E-state index contributed by atoms with van der Waals surface area (Å²) in [5, 5.41) is 0. The van der Waals surface area contributed by atoms with E-state index < -0.39 is 0 Å². The number of aliphatic imine (C=N–C) groups is 1. The zero-order valence-electron chi connectivity index (χ0n) is 13.5. The highest BCUT2D eigenvalue weighted by atomic mass is 16.5. The standard InChI is InChI=1S/C15H32N4O/c1-4-20-14(9-12-18(2)3)13-17-15(16)19-10-7-5-6-8-11-19/h14H,4-13H2,1-3H3,(H2,16,17). The molecular weight excluding hydrogens is 252 g/mol. The zero-order chi connectivity index (χ0) is 14.8. The lowest BCUT2D eigenvalue weighted by molar-refractivity contribution is 0.0581. The number of ether oxygens (including phenoxy) is 1. The van der Waals surface area contributed by atoms with Crippen LogP contribution in [0.3, 0.4) is 0 Å². The lowest BCUT2D eigenvalue weighted by Gasteiger charge is -2.22. The van der Waals surface area contributed by atoms with Crippen LogP contribution in [0, 0.1) is 0 Å². The smallest absolute Gasteiger partial charge is 0.191 e. The fraction of sp³-hybridized carbons (Fsp3) is 0.933. The highest BCUT2D eigenvalue weighted by Gasteiger charge is 2.13. The van der Waals surface area contributed by atoms with Gasteiger partial charge >= 0.3 is 0 Å². The molecule has 118 valence electrons. The summed E-state index contributed by atoms with van der Waals surface area (Å²) in [5.41, 5.74) is 6.13. The molecule has 1 aliphatic rings. The average Bonchev–Trinajstić information content (AvgIpc) is 2.70. The molecule has 1 unspecified atom stereocenters. The molecule has 2 N–H and O–H groups in total. The van der Waals surface area contributed by atoms with Crippen molar-refractivity contribution in [2.75, 3.05) is 46.9 Å². The van der Waals surface area contributed by atoms with Gasteiger partial charge in [-0.25, -0.2) is 0 Å². The SMILES string of the molecule is CCOC(CCN(C)C)CN=C(N)N1CCCCCC1. The monoisotopic (exact) mass is 284 g/mol. The van der Waals surface area contributed by atoms with Crippen LogP contribution in [-0.4, -0.2) is 68.7 Å². The van der Waals surface area contributed by atoms with Crippen LogP contribution in [0.4, 0.5) is 0 Å². The first-order valence-corrected chi connectivity index (χ1v) is 7.94. The second kappa shape index (κ2) is 10.00. The van der Waals surface area contributed by atoms with E-state index in [-0.39, 0.29) is 6.10 Å². The Balaban J connectivity index is 2.43. The van der Waals surface area contributed by atoms with Gasteiger partial charge in [-0.2, -0.15) is 0 Å². The molecule has 1 heterocycles. The van der Waals surface area contributed by atoms with Crippen molar-refractivity contribution in [3.05, 3.63) is 0 Å². The van der Waals surface area contributed by atoms with Gasteiger partial charge in [0.1, 0.15) is 0 Å². The molecule has 0 aromatic heterocycles. The second-order valence-electron chi connectivity index (χ2n) is 5.77. The number of hydrogen-bond donors (Lipinski definition) is 1. The summed E-state index contributed by atoms with van der Waals surface area (Å²) in [4.78, 5) is 8.96. The van der Waals surface area contributed by atoms with E-state index in [1.807, 2.05) is 6.92 Å². The summed E-state index contributed by atoms with van der Waals surface area (Å²) in [6, 6.07) is 0. The Bertz CT molecular complexity index is 273. The lowest BCUT2D eigenvalue weighted by atomic mass is 10.2. The van der Waals surface area contributed by atoms with Gasteiger partial charge in [-0.1, -0.05) is 12.8 Å². The lowest BCUT2D eigenvalue weighted by Crippen LogP contribution is -2.38. The van der Waals surface area contributed by atoms with Gasteiger partial charge in [-0.15, -0.1) is 0 Å². The Hall–Kier alpha value is -0.810. The predicted molar refractivity (Wildman–Crippen MR) is 85.1 cm³/mol. The maximum absolute atomic E-state index is 6.13. The summed E-state index contributed by atoms with van der Waals surface area (Å²) in [6.07, 6.45) is 6.25. The number of nitrogens with zero attached hydrogens (tertiary/aromatic N) is 3. The second-order valence-corrected chi connectivity index (χ2v) is 5.77. The fourth-order valence-corrected chi connectivity index (χ4v) is 2.46. The Morgan fingerprint density at radius 1 is 1.25 bits per heavy atom. The largest absolute Gasteiger partial charge is 0.377 e. The molecule has 0 amide bonds. The van der Waals surface area contributed by atoms with E-state index in [0.717, 1.165) is 32.7 Å². The van der Waals surface area contributed by atoms with Gasteiger partial charge in [0.15, 0.2) is 5.96 Å². The topological polar surface area (TPSA) is 54.1 Å². The van der Waals surface area contributed by atoms with Crippen LogP contribution in [0.15, 0.2) is 4.99 Å². The van der Waals surface area contributed by atoms with E-state index in [1.165, 1.54) is 25.7 Å². The number of rotatable bonds is 7. The van der Waals surface area contributed by atoms with Gasteiger partial charge in [0.25, 0.3) is 0 Å². The first-order chi connectivity index (χ1) is 9.63. The van der Waals surface area contributed by atoms with Crippen molar-refractivity contribution >= 4 is 5.96 Å². The van der Waals surface area contributed by atoms with Crippen molar-refractivity contribution in [3.8, 4) is 0 Å². The molecule has 1 aliphatic heterocycles. The molecule has 0 aromatic carbocycles. The van der Waals surface area contributed by atoms with E-state index in [9.17, 15) is 0 Å². The number of guanidine groups is 1. The maximum Gasteiger partial charge on any atom is 0.191 e. The summed E-state index contributed by atoms with van der Waals surface area (Å²) in [5.74, 6) is 0.696. The molecular formula is C15H32N4O. The van der Waals surface area contributed by atoms with Crippen LogP contribution in [-0.2, 0) is 4.74 Å². The van der Waals surface area contributed by atoms with Crippen molar-refractivity contribution in [2.24, 2.45) is 10.7 Å². The molecule has 1 atom stereocenters. The molecule has 20 heavy (non-hydrogen) atoms. The van der Waals surface area contributed by atoms with E-state index in [4.69, 9.17) is 10.5 Å². The summed E-state index contributed by atoms with van der Waals surface area (Å²) in [6.45, 7) is 6.55. The molecule has 0 spiro atoms. The molecule has 5 nitrogen and oxygen atoms in total. The molecule has 0 bridgehead atoms. The molecule has 0 radical (unpaired) electrons. The molecule has 5 heteroatoms. The fourth-order valence-electron chi connectivity index (χ4n) is 2.46. The third-order valence-electron chi connectivity index (χ3n) is 3.69. The number of hydrogen-bond acceptors (Lipinski definition) is 3. The van der Waals surface area contributed by atoms with Crippen molar-refractivity contribution in [1.82, 2.24) is 9.80 Å². The van der Waals surface area contributed by atoms with E-state index in [2.05, 4.69) is 28.9 Å². The van der Waals surface area contributed by atoms with Crippen molar-refractivity contribution in [1.29, 1.82) is 0 Å². The van der Waals surface area contributed by atoms with Crippen molar-refractivity contribution < 1.29 is 4.74 Å². The first kappa shape index (κ1) is 17.2. The Morgan fingerprint density at radius 2 is 1.90 bits per heavy atom. The zero-order valence-corrected chi connectivity index (χ0v) is 13.5. The molecule has 1 rings (SSSR count). The van der Waals surface area contributed by atoms with E-state index in [1.54, 1.807) is 0 Å². The number of likely N-dealkylation sites (tertiary alicyclic amines) is 1. The Morgan fingerprint density at radius 3 is 2.45 bits per heavy atom. The maximum atomic E-state index is 6.13. The highest BCUT2D eigenvalue weighted by molar-refractivity contribution is 5.78. The Kier molecular flexibility index (Phi) is 8.62. The van der Waals surface area contributed by atoms with Gasteiger partial charge < -0.3 is 20.3 Å². The minimum atomic E-state index is 0.174. The molecule has 0 saturated carbocycles. The van der Waals surface area contributed by atoms with Crippen LogP contribution < -0.4 is 5.73 Å². The molecule has 1 fully saturated rings. The molecule has 0 aromatic rings. The predicted octanol–water partition coefficient (Wildman–Crippen LogP) is 1.53. The normalized spacial score (nSPS) is 19.2. The third-order valence-corrected chi connectivity index (χ3v) is 3.69. The van der Waals surface area contributed by atoms with E-state index in [0.29, 0.717) is 12.5 Å². The average molecular weight is 284 g/mol. The minimum absolute atomic E-state index is 0.174. The summed E-state index contributed by atoms with van der Waals surface area (Å²) >= 11 is 0. The van der Waals surface area contributed by atoms with Gasteiger partial charge in [-0.3, -0.25) is 4.99 Å². The van der Waals surface area contributed by atoms with E-state index >= 15 is 0 Å². The highest BCUT2D eigenvalue weighted by Crippen LogP contribution is 2.09. The van der Waals surface area contributed by atoms with Gasteiger partial charge in [0.05, 0.1) is 12.6 Å². The van der Waals surface area contributed by atoms with Crippen molar-refractivity contribution in [3.63, 3.8) is 0 Å². The van der Waals surface area contributed by atoms with Gasteiger partial charge in [0, 0.05) is 26.2 Å². The van der Waals surface area contributed by atoms with Crippen molar-refractivity contribution in [2.45, 2.75) is 45.1 Å². The van der Waals surface area contributed by atoms with Crippen LogP contribution >= 0.6 is 0 Å². The van der Waals surface area contributed by atoms with Gasteiger partial charge in [-0.05, 0) is 40.3 Å². The summed E-state index contributed by atoms with van der Waals surface area (Å²) in [7, 11) is 4.16. The quantitative estimate of drug-likeness (QED) is 0.569. The van der Waals surface area contributed by atoms with Crippen LogP contribution in [0.5, 0.6) is 0 Å². The Labute approximate surface area is 124 Å². The molecule has 0 aliphatic carbocycles. The van der Waals surface area contributed by atoms with Crippen LogP contribution in [0.25, 0.3) is 0 Å². The van der Waals surface area contributed by atoms with Crippen LogP contribution in [0.1, 0.15) is 39.0 Å². The van der Waals surface area contributed by atoms with Crippen LogP contribution in [0.2, 0.25) is 0 Å². The summed E-state index contributed by atoms with van der Waals surface area (Å²) < 4.78 is 5.75. The minimum Gasteiger partial charge on any atom is -0.377 e. The first-order valence-electron chi connectivity index (χ1n) is 7.94. The third kappa shape index (κ3) is 7.10. The van der Waals surface area contributed by atoms with Gasteiger partial charge in [0.2, 0.25) is 0 Å². The molecule has 1 saturated heterocycles.